The third-order valence-electron chi connectivity index (χ3n) is 6.16. The Morgan fingerprint density at radius 3 is 2.44 bits per heavy atom. The van der Waals surface area contributed by atoms with Gasteiger partial charge in [0, 0.05) is 24.7 Å². The Morgan fingerprint density at radius 1 is 0.941 bits per heavy atom. The molecule has 2 aliphatic rings. The summed E-state index contributed by atoms with van der Waals surface area (Å²) in [5.41, 5.74) is 3.02. The highest BCUT2D eigenvalue weighted by atomic mass is 32.2. The van der Waals surface area contributed by atoms with Gasteiger partial charge in [-0.1, -0.05) is 42.5 Å². The summed E-state index contributed by atoms with van der Waals surface area (Å²) in [7, 11) is -3.93. The van der Waals surface area contributed by atoms with Gasteiger partial charge in [-0.3, -0.25) is 14.3 Å². The van der Waals surface area contributed by atoms with Gasteiger partial charge in [0.15, 0.2) is 0 Å². The van der Waals surface area contributed by atoms with Crippen molar-refractivity contribution in [2.24, 2.45) is 5.92 Å². The third-order valence-corrected chi connectivity index (χ3v) is 7.52. The molecule has 0 aromatic heterocycles. The van der Waals surface area contributed by atoms with E-state index in [1.54, 1.807) is 41.3 Å². The molecule has 1 fully saturated rings. The lowest BCUT2D eigenvalue weighted by Crippen LogP contribution is -2.30. The van der Waals surface area contributed by atoms with Crippen molar-refractivity contribution in [3.63, 3.8) is 0 Å². The molecule has 1 heterocycles. The van der Waals surface area contributed by atoms with Crippen LogP contribution in [0.4, 0.5) is 11.4 Å². The van der Waals surface area contributed by atoms with E-state index in [2.05, 4.69) is 10.0 Å². The number of para-hydroxylation sites is 1. The summed E-state index contributed by atoms with van der Waals surface area (Å²) >= 11 is 0. The molecule has 34 heavy (non-hydrogen) atoms. The first-order chi connectivity index (χ1) is 16.4. The van der Waals surface area contributed by atoms with Crippen molar-refractivity contribution in [1.82, 2.24) is 5.32 Å². The summed E-state index contributed by atoms with van der Waals surface area (Å²) in [5, 5.41) is 2.83. The van der Waals surface area contributed by atoms with Crippen LogP contribution < -0.4 is 14.9 Å². The number of benzene rings is 3. The quantitative estimate of drug-likeness (QED) is 0.545. The van der Waals surface area contributed by atoms with Crippen molar-refractivity contribution in [2.75, 3.05) is 16.2 Å². The Kier molecular flexibility index (Phi) is 5.83. The van der Waals surface area contributed by atoms with Crippen molar-refractivity contribution < 1.29 is 18.0 Å². The fourth-order valence-corrected chi connectivity index (χ4v) is 5.30. The SMILES string of the molecule is O=C(NCc1ccccc1)c1ccccc1NS(=O)(=O)c1ccc2c(c1)CCN2C(=O)C1CC1. The number of anilines is 2. The molecule has 1 saturated carbocycles. The molecule has 8 heteroatoms. The lowest BCUT2D eigenvalue weighted by Gasteiger charge is -2.17. The number of sulfonamides is 1. The summed E-state index contributed by atoms with van der Waals surface area (Å²) in [6.45, 7) is 0.910. The second-order valence-corrected chi connectivity index (χ2v) is 10.3. The van der Waals surface area contributed by atoms with Gasteiger partial charge in [-0.2, -0.15) is 0 Å². The number of hydrogen-bond donors (Lipinski definition) is 2. The molecular formula is C26H25N3O4S. The smallest absolute Gasteiger partial charge is 0.261 e. The second-order valence-electron chi connectivity index (χ2n) is 8.62. The highest BCUT2D eigenvalue weighted by Crippen LogP contribution is 2.37. The van der Waals surface area contributed by atoms with Crippen LogP contribution in [-0.2, 0) is 27.8 Å². The van der Waals surface area contributed by atoms with Gasteiger partial charge in [0.05, 0.1) is 16.1 Å². The van der Waals surface area contributed by atoms with E-state index in [0.717, 1.165) is 29.7 Å². The number of hydrogen-bond acceptors (Lipinski definition) is 4. The molecule has 0 atom stereocenters. The average molecular weight is 476 g/mol. The highest BCUT2D eigenvalue weighted by Gasteiger charge is 2.36. The van der Waals surface area contributed by atoms with Gasteiger partial charge in [-0.15, -0.1) is 0 Å². The lowest BCUT2D eigenvalue weighted by atomic mass is 10.1. The maximum Gasteiger partial charge on any atom is 0.261 e. The lowest BCUT2D eigenvalue weighted by molar-refractivity contribution is -0.119. The number of carbonyl (C=O) groups excluding carboxylic acids is 2. The molecule has 5 rings (SSSR count). The molecule has 7 nitrogen and oxygen atoms in total. The minimum atomic E-state index is -3.93. The van der Waals surface area contributed by atoms with E-state index in [1.165, 1.54) is 6.07 Å². The van der Waals surface area contributed by atoms with Crippen molar-refractivity contribution in [3.8, 4) is 0 Å². The van der Waals surface area contributed by atoms with Crippen LogP contribution in [0.1, 0.15) is 34.3 Å². The van der Waals surface area contributed by atoms with Gasteiger partial charge in [0.2, 0.25) is 5.91 Å². The van der Waals surface area contributed by atoms with Crippen LogP contribution in [0, 0.1) is 5.92 Å². The van der Waals surface area contributed by atoms with Crippen LogP contribution in [0.3, 0.4) is 0 Å². The van der Waals surface area contributed by atoms with Crippen LogP contribution >= 0.6 is 0 Å². The Balaban J connectivity index is 1.33. The first-order valence-corrected chi connectivity index (χ1v) is 12.8. The van der Waals surface area contributed by atoms with E-state index in [-0.39, 0.29) is 33.9 Å². The minimum Gasteiger partial charge on any atom is -0.348 e. The molecule has 1 aliphatic heterocycles. The molecule has 174 valence electrons. The minimum absolute atomic E-state index is 0.103. The van der Waals surface area contributed by atoms with Crippen LogP contribution in [0.5, 0.6) is 0 Å². The topological polar surface area (TPSA) is 95.6 Å². The van der Waals surface area contributed by atoms with E-state index >= 15 is 0 Å². The number of nitrogens with one attached hydrogen (secondary N) is 2. The Labute approximate surface area is 198 Å². The number of rotatable bonds is 7. The van der Waals surface area contributed by atoms with Crippen LogP contribution in [-0.4, -0.2) is 26.8 Å². The summed E-state index contributed by atoms with van der Waals surface area (Å²) in [6.07, 6.45) is 2.48. The van der Waals surface area contributed by atoms with E-state index in [4.69, 9.17) is 0 Å². The van der Waals surface area contributed by atoms with Crippen molar-refractivity contribution in [2.45, 2.75) is 30.7 Å². The van der Waals surface area contributed by atoms with Gasteiger partial charge < -0.3 is 10.2 Å². The Hall–Kier alpha value is -3.65. The molecular weight excluding hydrogens is 450 g/mol. The van der Waals surface area contributed by atoms with E-state index in [9.17, 15) is 18.0 Å². The molecule has 0 unspecified atom stereocenters. The molecule has 2 amide bonds. The summed E-state index contributed by atoms with van der Waals surface area (Å²) in [5.74, 6) is -0.131. The van der Waals surface area contributed by atoms with E-state index in [1.807, 2.05) is 30.3 Å². The summed E-state index contributed by atoms with van der Waals surface area (Å²) in [6, 6.07) is 20.8. The monoisotopic (exact) mass is 475 g/mol. The van der Waals surface area contributed by atoms with Crippen LogP contribution in [0.25, 0.3) is 0 Å². The number of amides is 2. The standard InChI is InChI=1S/C26H25N3O4S/c30-25(27-17-18-6-2-1-3-7-18)22-8-4-5-9-23(22)28-34(32,33)21-12-13-24-20(16-21)14-15-29(24)26(31)19-10-11-19/h1-9,12-13,16,19,28H,10-11,14-15,17H2,(H,27,30). The predicted octanol–water partition coefficient (Wildman–Crippen LogP) is 3.72. The fraction of sp³-hybridized carbons (Fsp3) is 0.231. The Morgan fingerprint density at radius 2 is 1.68 bits per heavy atom. The van der Waals surface area contributed by atoms with E-state index in [0.29, 0.717) is 19.5 Å². The number of nitrogens with zero attached hydrogens (tertiary/aromatic N) is 1. The van der Waals surface area contributed by atoms with Gasteiger partial charge in [0.25, 0.3) is 15.9 Å². The summed E-state index contributed by atoms with van der Waals surface area (Å²) < 4.78 is 28.9. The van der Waals surface area contributed by atoms with E-state index < -0.39 is 10.0 Å². The number of carbonyl (C=O) groups is 2. The second kappa shape index (κ2) is 8.95. The maximum atomic E-state index is 13.2. The molecule has 0 bridgehead atoms. The average Bonchev–Trinajstić information content (AvgIpc) is 3.61. The van der Waals surface area contributed by atoms with Crippen molar-refractivity contribution in [1.29, 1.82) is 0 Å². The molecule has 2 N–H and O–H groups in total. The number of fused-ring (bicyclic) bond motifs is 1. The molecule has 0 spiro atoms. The molecule has 1 aliphatic carbocycles. The first-order valence-electron chi connectivity index (χ1n) is 11.3. The van der Waals surface area contributed by atoms with Gasteiger partial charge in [0.1, 0.15) is 0 Å². The summed E-state index contributed by atoms with van der Waals surface area (Å²) in [4.78, 5) is 27.2. The van der Waals surface area contributed by atoms with Crippen molar-refractivity contribution >= 4 is 33.2 Å². The maximum absolute atomic E-state index is 13.2. The molecule has 0 saturated heterocycles. The molecule has 0 radical (unpaired) electrons. The van der Waals surface area contributed by atoms with Gasteiger partial charge in [-0.05, 0) is 60.7 Å². The zero-order valence-corrected chi connectivity index (χ0v) is 19.3. The van der Waals surface area contributed by atoms with Gasteiger partial charge in [-0.25, -0.2) is 8.42 Å². The largest absolute Gasteiger partial charge is 0.348 e. The van der Waals surface area contributed by atoms with Crippen molar-refractivity contribution in [3.05, 3.63) is 89.5 Å². The predicted molar refractivity (Wildman–Crippen MR) is 130 cm³/mol. The molecule has 3 aromatic rings. The highest BCUT2D eigenvalue weighted by molar-refractivity contribution is 7.92. The normalized spacial score (nSPS) is 15.0. The third kappa shape index (κ3) is 4.54. The Bertz CT molecular complexity index is 1350. The first kappa shape index (κ1) is 22.2. The molecule has 3 aromatic carbocycles. The fourth-order valence-electron chi connectivity index (χ4n) is 4.17. The van der Waals surface area contributed by atoms with Crippen LogP contribution in [0.2, 0.25) is 0 Å². The zero-order valence-electron chi connectivity index (χ0n) is 18.5. The van der Waals surface area contributed by atoms with Crippen LogP contribution in [0.15, 0.2) is 77.7 Å². The van der Waals surface area contributed by atoms with Gasteiger partial charge >= 0.3 is 0 Å². The zero-order chi connectivity index (χ0) is 23.7.